The molecule has 1 rings (SSSR count). The van der Waals surface area contributed by atoms with Crippen molar-refractivity contribution in [3.63, 3.8) is 0 Å². The van der Waals surface area contributed by atoms with Crippen molar-refractivity contribution in [1.82, 2.24) is 25.6 Å². The largest absolute Gasteiger partial charge is 0.481 e. The normalized spacial score (nSPS) is 12.4. The summed E-state index contributed by atoms with van der Waals surface area (Å²) in [6, 6.07) is -2.08. The van der Waals surface area contributed by atoms with Crippen LogP contribution in [0.1, 0.15) is 25.0 Å². The number of carboxylic acid groups (broad SMARTS) is 2. The molecular formula is C17H23N5O8S2. The molecular weight excluding hydrogens is 466 g/mol. The van der Waals surface area contributed by atoms with Crippen molar-refractivity contribution in [3.8, 4) is 0 Å². The van der Waals surface area contributed by atoms with Crippen LogP contribution in [0.4, 0.5) is 0 Å². The quantitative estimate of drug-likeness (QED) is 0.120. The summed E-state index contributed by atoms with van der Waals surface area (Å²) in [6.45, 7) is -0.296. The Kier molecular flexibility index (Phi) is 11.4. The van der Waals surface area contributed by atoms with Gasteiger partial charge in [-0.3, -0.25) is 28.8 Å². The van der Waals surface area contributed by atoms with Gasteiger partial charge in [0.25, 0.3) is 0 Å². The van der Waals surface area contributed by atoms with Crippen molar-refractivity contribution < 1.29 is 39.0 Å². The number of thiol groups is 2. The second-order valence-electron chi connectivity index (χ2n) is 6.59. The highest BCUT2D eigenvalue weighted by Gasteiger charge is 2.23. The molecule has 0 aliphatic carbocycles. The lowest BCUT2D eigenvalue weighted by Gasteiger charge is -2.14. The van der Waals surface area contributed by atoms with Crippen molar-refractivity contribution in [3.05, 3.63) is 11.9 Å². The van der Waals surface area contributed by atoms with Crippen LogP contribution in [-0.2, 0) is 41.7 Å². The van der Waals surface area contributed by atoms with Crippen LogP contribution in [0.5, 0.6) is 0 Å². The van der Waals surface area contributed by atoms with E-state index >= 15 is 0 Å². The van der Waals surface area contributed by atoms with Crippen molar-refractivity contribution in [2.45, 2.75) is 44.3 Å². The predicted octanol–water partition coefficient (Wildman–Crippen LogP) is -1.87. The van der Waals surface area contributed by atoms with E-state index in [2.05, 4.69) is 46.2 Å². The number of aromatic nitrogens is 3. The minimum atomic E-state index is -1.31. The van der Waals surface area contributed by atoms with E-state index in [4.69, 9.17) is 10.2 Å². The van der Waals surface area contributed by atoms with Crippen LogP contribution in [0, 0.1) is 0 Å². The van der Waals surface area contributed by atoms with Gasteiger partial charge in [0.15, 0.2) is 11.6 Å². The van der Waals surface area contributed by atoms with E-state index in [1.807, 2.05) is 0 Å². The van der Waals surface area contributed by atoms with E-state index in [0.717, 1.165) is 0 Å². The first-order chi connectivity index (χ1) is 15.0. The van der Waals surface area contributed by atoms with Crippen molar-refractivity contribution in [2.24, 2.45) is 0 Å². The van der Waals surface area contributed by atoms with Crippen LogP contribution in [0.2, 0.25) is 0 Å². The Bertz CT molecular complexity index is 875. The maximum Gasteiger partial charge on any atom is 0.310 e. The van der Waals surface area contributed by atoms with Crippen LogP contribution < -0.4 is 10.6 Å². The topological polar surface area (TPSA) is 198 Å². The number of aliphatic carboxylic acids is 2. The molecule has 1 heterocycles. The third-order valence-electron chi connectivity index (χ3n) is 3.96. The molecule has 0 bridgehead atoms. The van der Waals surface area contributed by atoms with Crippen LogP contribution in [0.25, 0.3) is 0 Å². The number of nitrogens with one attached hydrogen (secondary N) is 2. The molecule has 0 saturated carbocycles. The number of carbonyl (C=O) groups is 6. The number of carbonyl (C=O) groups excluding carboxylic acids is 4. The number of hydrogen-bond donors (Lipinski definition) is 6. The van der Waals surface area contributed by atoms with Gasteiger partial charge in [0, 0.05) is 30.5 Å². The average molecular weight is 490 g/mol. The highest BCUT2D eigenvalue weighted by molar-refractivity contribution is 7.80. The Balaban J connectivity index is 2.53. The second kappa shape index (κ2) is 13.5. The van der Waals surface area contributed by atoms with E-state index in [9.17, 15) is 28.8 Å². The summed E-state index contributed by atoms with van der Waals surface area (Å²) < 4.78 is 1.17. The standard InChI is InChI=1S/C17H23N5O8S2/c23-12(3-16(27)28)10(7-31)18-14(25)2-1-9-5-22(21-20-9)6-15(26)19-11(8-32)13(24)4-17(29)30/h5,10-11,31-32H,1-4,6-8H2,(H,18,25)(H,19,26)(H,27,28)(H,29,30). The van der Waals surface area contributed by atoms with Gasteiger partial charge in [0.2, 0.25) is 11.8 Å². The number of carboxylic acids is 2. The van der Waals surface area contributed by atoms with Crippen LogP contribution >= 0.6 is 25.3 Å². The van der Waals surface area contributed by atoms with E-state index in [1.54, 1.807) is 0 Å². The second-order valence-corrected chi connectivity index (χ2v) is 7.32. The molecule has 0 aliphatic heterocycles. The molecule has 15 heteroatoms. The number of amides is 2. The summed E-state index contributed by atoms with van der Waals surface area (Å²) in [6.07, 6.45) is 0.0133. The first-order valence-electron chi connectivity index (χ1n) is 9.24. The van der Waals surface area contributed by atoms with Crippen LogP contribution in [0.15, 0.2) is 6.20 Å². The number of nitrogens with zero attached hydrogens (tertiary/aromatic N) is 3. The number of aryl methyl sites for hydroxylation is 1. The molecule has 2 unspecified atom stereocenters. The van der Waals surface area contributed by atoms with E-state index < -0.39 is 60.2 Å². The molecule has 176 valence electrons. The monoisotopic (exact) mass is 489 g/mol. The molecule has 0 spiro atoms. The molecule has 0 radical (unpaired) electrons. The van der Waals surface area contributed by atoms with Crippen LogP contribution in [0.3, 0.4) is 0 Å². The lowest BCUT2D eigenvalue weighted by atomic mass is 10.1. The lowest BCUT2D eigenvalue weighted by molar-refractivity contribution is -0.142. The van der Waals surface area contributed by atoms with Crippen molar-refractivity contribution in [2.75, 3.05) is 11.5 Å². The van der Waals surface area contributed by atoms with E-state index in [0.29, 0.717) is 5.69 Å². The Morgan fingerprint density at radius 2 is 1.41 bits per heavy atom. The SMILES string of the molecule is O=C(O)CC(=O)C(CS)NC(=O)CCc1cn(CC(=O)NC(CS)C(=O)CC(=O)O)nn1. The highest BCUT2D eigenvalue weighted by Crippen LogP contribution is 2.02. The van der Waals surface area contributed by atoms with Crippen molar-refractivity contribution >= 4 is 60.6 Å². The van der Waals surface area contributed by atoms with E-state index in [-0.39, 0.29) is 30.9 Å². The molecule has 0 saturated heterocycles. The van der Waals surface area contributed by atoms with Gasteiger partial charge in [0.05, 0.1) is 17.8 Å². The minimum absolute atomic E-state index is 0.0502. The summed E-state index contributed by atoms with van der Waals surface area (Å²) in [5.74, 6) is -5.21. The minimum Gasteiger partial charge on any atom is -0.481 e. The zero-order chi connectivity index (χ0) is 24.3. The van der Waals surface area contributed by atoms with Gasteiger partial charge in [-0.05, 0) is 0 Å². The van der Waals surface area contributed by atoms with Gasteiger partial charge in [-0.2, -0.15) is 25.3 Å². The molecule has 2 atom stereocenters. The van der Waals surface area contributed by atoms with E-state index in [1.165, 1.54) is 10.9 Å². The molecule has 1 aromatic rings. The predicted molar refractivity (Wildman–Crippen MR) is 114 cm³/mol. The maximum atomic E-state index is 12.1. The molecule has 13 nitrogen and oxygen atoms in total. The van der Waals surface area contributed by atoms with Gasteiger partial charge in [-0.1, -0.05) is 5.21 Å². The molecule has 32 heavy (non-hydrogen) atoms. The third kappa shape index (κ3) is 9.91. The number of hydrogen-bond acceptors (Lipinski definition) is 10. The molecule has 4 N–H and O–H groups in total. The third-order valence-corrected chi connectivity index (χ3v) is 4.69. The first-order valence-corrected chi connectivity index (χ1v) is 10.5. The van der Waals surface area contributed by atoms with Gasteiger partial charge < -0.3 is 20.8 Å². The first kappa shape index (κ1) is 27.1. The number of Topliss-reactive ketones (excluding diaryl/α,β-unsaturated/α-hetero) is 2. The fourth-order valence-electron chi connectivity index (χ4n) is 2.43. The molecule has 1 aromatic heterocycles. The number of ketones is 2. The van der Waals surface area contributed by atoms with Gasteiger partial charge in [-0.15, -0.1) is 5.10 Å². The summed E-state index contributed by atoms with van der Waals surface area (Å²) in [7, 11) is 0. The van der Waals surface area contributed by atoms with Gasteiger partial charge >= 0.3 is 11.9 Å². The van der Waals surface area contributed by atoms with Gasteiger partial charge in [0.1, 0.15) is 19.4 Å². The summed E-state index contributed by atoms with van der Waals surface area (Å²) in [4.78, 5) is 68.8. The lowest BCUT2D eigenvalue weighted by Crippen LogP contribution is -2.44. The Hall–Kier alpha value is -2.94. The molecule has 0 aromatic carbocycles. The molecule has 0 fully saturated rings. The average Bonchev–Trinajstić information content (AvgIpc) is 3.14. The Labute approximate surface area is 193 Å². The molecule has 2 amide bonds. The Morgan fingerprint density at radius 3 is 1.88 bits per heavy atom. The van der Waals surface area contributed by atoms with Gasteiger partial charge in [-0.25, -0.2) is 4.68 Å². The smallest absolute Gasteiger partial charge is 0.310 e. The van der Waals surface area contributed by atoms with Crippen molar-refractivity contribution in [1.29, 1.82) is 0 Å². The fourth-order valence-corrected chi connectivity index (χ4v) is 3.02. The zero-order valence-electron chi connectivity index (χ0n) is 16.8. The fraction of sp³-hybridized carbons (Fsp3) is 0.529. The highest BCUT2D eigenvalue weighted by atomic mass is 32.1. The maximum absolute atomic E-state index is 12.1. The molecule has 0 aliphatic rings. The summed E-state index contributed by atoms with van der Waals surface area (Å²) >= 11 is 7.87. The summed E-state index contributed by atoms with van der Waals surface area (Å²) in [5.41, 5.74) is 0.375. The summed E-state index contributed by atoms with van der Waals surface area (Å²) in [5, 5.41) is 29.7. The number of rotatable bonds is 15. The van der Waals surface area contributed by atoms with Crippen LogP contribution in [-0.4, -0.2) is 84.1 Å². The Morgan fingerprint density at radius 1 is 0.906 bits per heavy atom. The zero-order valence-corrected chi connectivity index (χ0v) is 18.6.